The standard InChI is InChI=1S/C20H20BrN3OS/c1-14-6-8-17(9-7-14)22-19(25)12-24(2)11-18-13-26-20(23-18)15-4-3-5-16(21)10-15/h3-10,13H,11-12H2,1-2H3,(H,22,25). The monoisotopic (exact) mass is 429 g/mol. The summed E-state index contributed by atoms with van der Waals surface area (Å²) in [6, 6.07) is 15.9. The number of hydrogen-bond acceptors (Lipinski definition) is 4. The Balaban J connectivity index is 1.55. The van der Waals surface area contributed by atoms with E-state index in [0.29, 0.717) is 13.1 Å². The number of hydrogen-bond donors (Lipinski definition) is 1. The number of carbonyl (C=O) groups excluding carboxylic acids is 1. The second-order valence-electron chi connectivity index (χ2n) is 6.24. The van der Waals surface area contributed by atoms with Crippen LogP contribution in [0.25, 0.3) is 10.6 Å². The van der Waals surface area contributed by atoms with Crippen LogP contribution < -0.4 is 5.32 Å². The number of thiazole rings is 1. The molecule has 0 fully saturated rings. The second kappa shape index (κ2) is 8.58. The average Bonchev–Trinajstić information content (AvgIpc) is 3.05. The summed E-state index contributed by atoms with van der Waals surface area (Å²) in [7, 11) is 1.92. The molecule has 1 N–H and O–H groups in total. The summed E-state index contributed by atoms with van der Waals surface area (Å²) >= 11 is 5.11. The number of aromatic nitrogens is 1. The van der Waals surface area contributed by atoms with Crippen LogP contribution in [0.2, 0.25) is 0 Å². The fourth-order valence-corrected chi connectivity index (χ4v) is 3.76. The van der Waals surface area contributed by atoms with Gasteiger partial charge < -0.3 is 5.32 Å². The molecule has 0 radical (unpaired) electrons. The molecule has 0 aliphatic heterocycles. The van der Waals surface area contributed by atoms with Crippen molar-refractivity contribution in [2.24, 2.45) is 0 Å². The van der Waals surface area contributed by atoms with Crippen LogP contribution in [0.5, 0.6) is 0 Å². The van der Waals surface area contributed by atoms with Crippen molar-refractivity contribution in [1.29, 1.82) is 0 Å². The minimum Gasteiger partial charge on any atom is -0.325 e. The smallest absolute Gasteiger partial charge is 0.238 e. The van der Waals surface area contributed by atoms with E-state index in [-0.39, 0.29) is 5.91 Å². The fourth-order valence-electron chi connectivity index (χ4n) is 2.55. The summed E-state index contributed by atoms with van der Waals surface area (Å²) in [5, 5.41) is 5.95. The zero-order valence-corrected chi connectivity index (χ0v) is 17.1. The molecular formula is C20H20BrN3OS. The lowest BCUT2D eigenvalue weighted by Crippen LogP contribution is -2.29. The number of nitrogens with zero attached hydrogens (tertiary/aromatic N) is 2. The van der Waals surface area contributed by atoms with E-state index in [1.54, 1.807) is 11.3 Å². The number of anilines is 1. The molecule has 0 aliphatic rings. The molecular weight excluding hydrogens is 410 g/mol. The first-order valence-corrected chi connectivity index (χ1v) is 9.92. The minimum atomic E-state index is -0.0289. The van der Waals surface area contributed by atoms with Gasteiger partial charge in [0.15, 0.2) is 0 Å². The quantitative estimate of drug-likeness (QED) is 0.602. The molecule has 4 nitrogen and oxygen atoms in total. The fraction of sp³-hybridized carbons (Fsp3) is 0.200. The van der Waals surface area contributed by atoms with E-state index in [2.05, 4.69) is 32.3 Å². The highest BCUT2D eigenvalue weighted by molar-refractivity contribution is 9.10. The van der Waals surface area contributed by atoms with Gasteiger partial charge in [0.2, 0.25) is 5.91 Å². The van der Waals surface area contributed by atoms with Crippen molar-refractivity contribution in [3.63, 3.8) is 0 Å². The van der Waals surface area contributed by atoms with Crippen molar-refractivity contribution < 1.29 is 4.79 Å². The number of nitrogens with one attached hydrogen (secondary N) is 1. The van der Waals surface area contributed by atoms with Crippen LogP contribution in [0.1, 0.15) is 11.3 Å². The first-order chi connectivity index (χ1) is 12.5. The van der Waals surface area contributed by atoms with E-state index in [1.807, 2.05) is 66.7 Å². The molecule has 134 valence electrons. The second-order valence-corrected chi connectivity index (χ2v) is 8.01. The maximum Gasteiger partial charge on any atom is 0.238 e. The molecule has 0 bridgehead atoms. The summed E-state index contributed by atoms with van der Waals surface area (Å²) in [5.74, 6) is -0.0289. The van der Waals surface area contributed by atoms with Crippen molar-refractivity contribution in [2.75, 3.05) is 18.9 Å². The van der Waals surface area contributed by atoms with Gasteiger partial charge >= 0.3 is 0 Å². The topological polar surface area (TPSA) is 45.2 Å². The van der Waals surface area contributed by atoms with Gasteiger partial charge in [0.25, 0.3) is 0 Å². The van der Waals surface area contributed by atoms with E-state index in [0.717, 1.165) is 26.4 Å². The Hall–Kier alpha value is -2.02. The predicted molar refractivity (Wildman–Crippen MR) is 111 cm³/mol. The predicted octanol–water partition coefficient (Wildman–Crippen LogP) is 4.95. The van der Waals surface area contributed by atoms with Gasteiger partial charge in [0.1, 0.15) is 5.01 Å². The third-order valence-electron chi connectivity index (χ3n) is 3.80. The Morgan fingerprint density at radius 1 is 1.23 bits per heavy atom. The van der Waals surface area contributed by atoms with E-state index in [1.165, 1.54) is 5.56 Å². The zero-order chi connectivity index (χ0) is 18.5. The summed E-state index contributed by atoms with van der Waals surface area (Å²) in [6.07, 6.45) is 0. The van der Waals surface area contributed by atoms with Crippen LogP contribution in [0.4, 0.5) is 5.69 Å². The van der Waals surface area contributed by atoms with Gasteiger partial charge in [-0.05, 0) is 38.2 Å². The van der Waals surface area contributed by atoms with Gasteiger partial charge in [-0.25, -0.2) is 4.98 Å². The molecule has 2 aromatic carbocycles. The molecule has 6 heteroatoms. The van der Waals surface area contributed by atoms with Crippen LogP contribution in [-0.2, 0) is 11.3 Å². The molecule has 1 aromatic heterocycles. The first kappa shape index (κ1) is 18.8. The van der Waals surface area contributed by atoms with Crippen LogP contribution in [0, 0.1) is 6.92 Å². The number of carbonyl (C=O) groups is 1. The SMILES string of the molecule is Cc1ccc(NC(=O)CN(C)Cc2csc(-c3cccc(Br)c3)n2)cc1. The lowest BCUT2D eigenvalue weighted by molar-refractivity contribution is -0.117. The van der Waals surface area contributed by atoms with Gasteiger partial charge in [-0.2, -0.15) is 0 Å². The third kappa shape index (κ3) is 5.24. The highest BCUT2D eigenvalue weighted by atomic mass is 79.9. The molecule has 0 saturated heterocycles. The Morgan fingerprint density at radius 3 is 2.73 bits per heavy atom. The Bertz CT molecular complexity index is 892. The van der Waals surface area contributed by atoms with Crippen LogP contribution in [0.15, 0.2) is 58.4 Å². The van der Waals surface area contributed by atoms with E-state index >= 15 is 0 Å². The van der Waals surface area contributed by atoms with Gasteiger partial charge in [-0.15, -0.1) is 11.3 Å². The molecule has 0 aliphatic carbocycles. The van der Waals surface area contributed by atoms with Crippen LogP contribution in [0.3, 0.4) is 0 Å². The Kier molecular flexibility index (Phi) is 6.19. The lowest BCUT2D eigenvalue weighted by atomic mass is 10.2. The maximum absolute atomic E-state index is 12.2. The van der Waals surface area contributed by atoms with Gasteiger partial charge in [0.05, 0.1) is 12.2 Å². The van der Waals surface area contributed by atoms with Crippen molar-refractivity contribution >= 4 is 38.9 Å². The van der Waals surface area contributed by atoms with Gasteiger partial charge in [-0.3, -0.25) is 9.69 Å². The molecule has 3 rings (SSSR count). The molecule has 26 heavy (non-hydrogen) atoms. The summed E-state index contributed by atoms with van der Waals surface area (Å²) in [4.78, 5) is 18.8. The van der Waals surface area contributed by atoms with Gasteiger partial charge in [-0.1, -0.05) is 45.8 Å². The molecule has 0 atom stereocenters. The van der Waals surface area contributed by atoms with Crippen molar-refractivity contribution in [3.05, 3.63) is 69.6 Å². The minimum absolute atomic E-state index is 0.0289. The summed E-state index contributed by atoms with van der Waals surface area (Å²) < 4.78 is 1.04. The third-order valence-corrected chi connectivity index (χ3v) is 5.24. The molecule has 0 unspecified atom stereocenters. The van der Waals surface area contributed by atoms with E-state index in [4.69, 9.17) is 0 Å². The Labute approximate surface area is 166 Å². The van der Waals surface area contributed by atoms with Crippen LogP contribution >= 0.6 is 27.3 Å². The van der Waals surface area contributed by atoms with E-state index < -0.39 is 0 Å². The number of benzene rings is 2. The summed E-state index contributed by atoms with van der Waals surface area (Å²) in [5.41, 5.74) is 4.05. The lowest BCUT2D eigenvalue weighted by Gasteiger charge is -2.15. The first-order valence-electron chi connectivity index (χ1n) is 8.25. The van der Waals surface area contributed by atoms with Crippen molar-refractivity contribution in [2.45, 2.75) is 13.5 Å². The maximum atomic E-state index is 12.2. The normalized spacial score (nSPS) is 10.9. The number of rotatable bonds is 6. The van der Waals surface area contributed by atoms with Gasteiger partial charge in [0, 0.05) is 27.6 Å². The summed E-state index contributed by atoms with van der Waals surface area (Å²) in [6.45, 7) is 2.97. The highest BCUT2D eigenvalue weighted by Gasteiger charge is 2.11. The highest BCUT2D eigenvalue weighted by Crippen LogP contribution is 2.26. The van der Waals surface area contributed by atoms with Crippen LogP contribution in [-0.4, -0.2) is 29.4 Å². The average molecular weight is 430 g/mol. The Morgan fingerprint density at radius 2 is 2.00 bits per heavy atom. The molecule has 1 heterocycles. The number of aryl methyl sites for hydroxylation is 1. The van der Waals surface area contributed by atoms with Crippen molar-refractivity contribution in [3.8, 4) is 10.6 Å². The molecule has 0 saturated carbocycles. The van der Waals surface area contributed by atoms with E-state index in [9.17, 15) is 4.79 Å². The number of halogens is 1. The number of amides is 1. The molecule has 3 aromatic rings. The largest absolute Gasteiger partial charge is 0.325 e. The number of likely N-dealkylation sites (N-methyl/N-ethyl adjacent to an activating group) is 1. The molecule has 0 spiro atoms. The molecule has 1 amide bonds. The zero-order valence-electron chi connectivity index (χ0n) is 14.7. The van der Waals surface area contributed by atoms with Crippen molar-refractivity contribution in [1.82, 2.24) is 9.88 Å².